The molecule has 0 amide bonds. The molecule has 3 N–H and O–H groups in total. The zero-order chi connectivity index (χ0) is 76.0. The normalized spacial score (nSPS) is 14.8. The first-order chi connectivity index (χ1) is 50.7. The molecule has 19 heteroatoms. The predicted octanol–water partition coefficient (Wildman–Crippen LogP) is 23.0. The van der Waals surface area contributed by atoms with E-state index in [1.165, 1.54) is 32.1 Å². The number of phosphoric ester groups is 2. The monoisotopic (exact) mass is 1490 g/mol. The van der Waals surface area contributed by atoms with E-state index >= 15 is 0 Å². The van der Waals surface area contributed by atoms with E-state index in [0.29, 0.717) is 38.5 Å². The molecule has 0 radical (unpaired) electrons. The molecule has 0 aromatic carbocycles. The number of hydrogen-bond acceptors (Lipinski definition) is 15. The molecule has 0 aromatic heterocycles. The van der Waals surface area contributed by atoms with Crippen molar-refractivity contribution in [1.29, 1.82) is 0 Å². The third-order valence-electron chi connectivity index (χ3n) is 15.7. The average Bonchev–Trinajstić information content (AvgIpc) is 0.929. The number of aliphatic hydroxyl groups excluding tert-OH is 1. The van der Waals surface area contributed by atoms with Crippen molar-refractivity contribution in [3.63, 3.8) is 0 Å². The van der Waals surface area contributed by atoms with E-state index in [2.05, 4.69) is 174 Å². The summed E-state index contributed by atoms with van der Waals surface area (Å²) in [4.78, 5) is 72.9. The van der Waals surface area contributed by atoms with Crippen LogP contribution in [0.1, 0.15) is 285 Å². The van der Waals surface area contributed by atoms with Crippen molar-refractivity contribution in [3.05, 3.63) is 170 Å². The zero-order valence-corrected chi connectivity index (χ0v) is 66.2. The number of hydrogen-bond donors (Lipinski definition) is 3. The van der Waals surface area contributed by atoms with E-state index in [-0.39, 0.29) is 25.7 Å². The molecule has 0 aliphatic carbocycles. The highest BCUT2D eigenvalue weighted by atomic mass is 31.2. The second-order valence-electron chi connectivity index (χ2n) is 25.5. The van der Waals surface area contributed by atoms with E-state index in [9.17, 15) is 43.2 Å². The van der Waals surface area contributed by atoms with Gasteiger partial charge >= 0.3 is 39.5 Å². The number of allylic oxidation sites excluding steroid dienone is 28. The van der Waals surface area contributed by atoms with Gasteiger partial charge < -0.3 is 33.8 Å². The molecule has 17 nitrogen and oxygen atoms in total. The Hall–Kier alpha value is -5.58. The summed E-state index contributed by atoms with van der Waals surface area (Å²) < 4.78 is 68.4. The lowest BCUT2D eigenvalue weighted by atomic mass is 10.1. The van der Waals surface area contributed by atoms with Crippen LogP contribution in [0.5, 0.6) is 0 Å². The second-order valence-corrected chi connectivity index (χ2v) is 28.4. The summed E-state index contributed by atoms with van der Waals surface area (Å²) in [6.07, 6.45) is 89.3. The summed E-state index contributed by atoms with van der Waals surface area (Å²) in [5, 5.41) is 10.6. The maximum Gasteiger partial charge on any atom is 0.472 e. The molecule has 0 rings (SSSR count). The van der Waals surface area contributed by atoms with Gasteiger partial charge in [-0.05, 0) is 161 Å². The van der Waals surface area contributed by atoms with Crippen LogP contribution < -0.4 is 0 Å². The van der Waals surface area contributed by atoms with Gasteiger partial charge in [-0.2, -0.15) is 0 Å². The number of carbonyl (C=O) groups is 4. The fourth-order valence-corrected chi connectivity index (χ4v) is 11.3. The topological polar surface area (TPSA) is 237 Å². The number of rotatable bonds is 72. The van der Waals surface area contributed by atoms with Gasteiger partial charge in [-0.15, -0.1) is 0 Å². The Morgan fingerprint density at radius 2 is 0.529 bits per heavy atom. The van der Waals surface area contributed by atoms with Crippen molar-refractivity contribution in [2.45, 2.75) is 303 Å². The van der Waals surface area contributed by atoms with Crippen molar-refractivity contribution >= 4 is 39.5 Å². The van der Waals surface area contributed by atoms with Gasteiger partial charge in [0.2, 0.25) is 0 Å². The Morgan fingerprint density at radius 1 is 0.279 bits per heavy atom. The summed E-state index contributed by atoms with van der Waals surface area (Å²) in [6.45, 7) is 4.40. The van der Waals surface area contributed by atoms with Gasteiger partial charge in [0.1, 0.15) is 19.3 Å². The number of carbonyl (C=O) groups excluding carboxylic acids is 4. The SMILES string of the molecule is CC/C=C\C/C=C\C/C=C\C/C=C\C/C=C\C/C=C\CCC(=O)OCC(COP(=O)(O)OCC(O)COP(=O)(O)OCC(COC(=O)CCCCCCCC/C=C\C/C=C\C/C=C\CCCCC)OC(=O)CCCCCCC/C=C\CCCC)OC(=O)CCCC/C=C\C/C=C\C/C=C\C/C=C\CC. The molecule has 590 valence electrons. The Balaban J connectivity index is 5.44. The molecule has 0 bridgehead atoms. The highest BCUT2D eigenvalue weighted by molar-refractivity contribution is 7.47. The number of aliphatic hydroxyl groups is 1. The lowest BCUT2D eigenvalue weighted by Crippen LogP contribution is -2.30. The lowest BCUT2D eigenvalue weighted by molar-refractivity contribution is -0.161. The molecule has 0 heterocycles. The molecule has 0 saturated carbocycles. The molecule has 5 unspecified atom stereocenters. The van der Waals surface area contributed by atoms with Crippen molar-refractivity contribution < 1.29 is 80.2 Å². The Morgan fingerprint density at radius 3 is 0.885 bits per heavy atom. The number of phosphoric acid groups is 2. The number of esters is 4. The van der Waals surface area contributed by atoms with Crippen molar-refractivity contribution in [2.75, 3.05) is 39.6 Å². The first-order valence-electron chi connectivity index (χ1n) is 39.4. The molecular weight excluding hydrogens is 1350 g/mol. The van der Waals surface area contributed by atoms with Crippen LogP contribution in [0.25, 0.3) is 0 Å². The van der Waals surface area contributed by atoms with Gasteiger partial charge in [-0.1, -0.05) is 268 Å². The van der Waals surface area contributed by atoms with Gasteiger partial charge in [-0.25, -0.2) is 9.13 Å². The fraction of sp³-hybridized carbons (Fsp3) is 0.624. The minimum absolute atomic E-state index is 0.0203. The molecule has 0 aliphatic heterocycles. The molecule has 0 saturated heterocycles. The Labute approximate surface area is 629 Å². The van der Waals surface area contributed by atoms with E-state index in [4.69, 9.17) is 37.0 Å². The van der Waals surface area contributed by atoms with Crippen LogP contribution in [0.4, 0.5) is 0 Å². The first kappa shape index (κ1) is 98.4. The van der Waals surface area contributed by atoms with Crippen molar-refractivity contribution in [2.24, 2.45) is 0 Å². The summed E-state index contributed by atoms with van der Waals surface area (Å²) in [5.74, 6) is -2.36. The summed E-state index contributed by atoms with van der Waals surface area (Å²) in [7, 11) is -10.0. The average molecular weight is 1490 g/mol. The fourth-order valence-electron chi connectivity index (χ4n) is 9.69. The first-order valence-corrected chi connectivity index (χ1v) is 42.4. The molecule has 5 atom stereocenters. The minimum Gasteiger partial charge on any atom is -0.462 e. The van der Waals surface area contributed by atoms with Crippen LogP contribution in [0.2, 0.25) is 0 Å². The van der Waals surface area contributed by atoms with Crippen LogP contribution in [-0.2, 0) is 65.4 Å². The molecule has 0 spiro atoms. The largest absolute Gasteiger partial charge is 0.472 e. The maximum absolute atomic E-state index is 13.1. The van der Waals surface area contributed by atoms with Gasteiger partial charge in [-0.3, -0.25) is 37.3 Å². The van der Waals surface area contributed by atoms with E-state index in [0.717, 1.165) is 161 Å². The van der Waals surface area contributed by atoms with Crippen LogP contribution >= 0.6 is 15.6 Å². The summed E-state index contributed by atoms with van der Waals surface area (Å²) in [5.41, 5.74) is 0. The van der Waals surface area contributed by atoms with Crippen LogP contribution in [-0.4, -0.2) is 96.7 Å². The standard InChI is InChI=1S/C85H138O17P2/c1-5-9-13-17-21-25-29-32-35-37-39-41-44-46-50-53-57-61-65-69-82(87)95-75-80(101-84(89)71-67-63-59-55-49-28-24-20-16-12-8-4)77-99-103(91,92)97-73-79(86)74-98-104(93,94)100-78-81(102-85(90)72-68-64-60-56-52-48-43-34-31-27-23-19-15-11-7-3)76-96-83(88)70-66-62-58-54-51-47-45-42-40-38-36-33-30-26-22-18-14-10-6-2/h10-11,14-15,20-27,32-36,39-43,47,51-52,56,58,62,79-81,86H,5-9,12-13,16-19,28-31,37-38,44-46,48-50,53-55,57,59-61,63-78H2,1-4H3,(H,91,92)(H,93,94)/b14-10-,15-11-,24-20-,25-21-,26-22-,27-23-,35-32-,36-33-,41-39-,42-40-,43-34-,51-47-,56-52-,62-58-. The molecule has 0 aliphatic rings. The van der Waals surface area contributed by atoms with E-state index < -0.39 is 97.5 Å². The van der Waals surface area contributed by atoms with Gasteiger partial charge in [0.15, 0.2) is 12.2 Å². The molecule has 0 aromatic rings. The number of ether oxygens (including phenoxy) is 4. The zero-order valence-electron chi connectivity index (χ0n) is 64.4. The predicted molar refractivity (Wildman–Crippen MR) is 426 cm³/mol. The van der Waals surface area contributed by atoms with Gasteiger partial charge in [0.05, 0.1) is 26.4 Å². The van der Waals surface area contributed by atoms with Crippen LogP contribution in [0.3, 0.4) is 0 Å². The number of unbranched alkanes of at least 4 members (excludes halogenated alkanes) is 18. The molecular formula is C85H138O17P2. The smallest absolute Gasteiger partial charge is 0.462 e. The van der Waals surface area contributed by atoms with Crippen LogP contribution in [0, 0.1) is 0 Å². The van der Waals surface area contributed by atoms with Crippen molar-refractivity contribution in [3.8, 4) is 0 Å². The summed E-state index contributed by atoms with van der Waals surface area (Å²) in [6, 6.07) is 0. The third kappa shape index (κ3) is 74.7. The second kappa shape index (κ2) is 75.6. The van der Waals surface area contributed by atoms with E-state index in [1.54, 1.807) is 0 Å². The Kier molecular flexibility index (Phi) is 71.6. The summed E-state index contributed by atoms with van der Waals surface area (Å²) >= 11 is 0. The highest BCUT2D eigenvalue weighted by Crippen LogP contribution is 2.45. The minimum atomic E-state index is -5.01. The molecule has 0 fully saturated rings. The Bertz CT molecular complexity index is 2640. The van der Waals surface area contributed by atoms with Gasteiger partial charge in [0.25, 0.3) is 0 Å². The molecule has 104 heavy (non-hydrogen) atoms. The lowest BCUT2D eigenvalue weighted by Gasteiger charge is -2.21. The van der Waals surface area contributed by atoms with Crippen LogP contribution in [0.15, 0.2) is 170 Å². The highest BCUT2D eigenvalue weighted by Gasteiger charge is 2.30. The van der Waals surface area contributed by atoms with Crippen molar-refractivity contribution in [1.82, 2.24) is 0 Å². The van der Waals surface area contributed by atoms with E-state index in [1.807, 2.05) is 24.3 Å². The quantitative estimate of drug-likeness (QED) is 0.0169. The third-order valence-corrected chi connectivity index (χ3v) is 17.6. The van der Waals surface area contributed by atoms with Gasteiger partial charge in [0, 0.05) is 25.7 Å². The maximum atomic E-state index is 13.1.